The van der Waals surface area contributed by atoms with Gasteiger partial charge in [0.25, 0.3) is 0 Å². The quantitative estimate of drug-likeness (QED) is 0.347. The maximum absolute atomic E-state index is 12.5. The number of rotatable bonds is 10. The summed E-state index contributed by atoms with van der Waals surface area (Å²) < 4.78 is 1.96. The van der Waals surface area contributed by atoms with Gasteiger partial charge in [0.2, 0.25) is 5.91 Å². The van der Waals surface area contributed by atoms with Gasteiger partial charge in [-0.2, -0.15) is 0 Å². The zero-order valence-corrected chi connectivity index (χ0v) is 19.5. The summed E-state index contributed by atoms with van der Waals surface area (Å²) in [5.74, 6) is 1.46. The van der Waals surface area contributed by atoms with Crippen molar-refractivity contribution in [1.29, 1.82) is 0 Å². The van der Waals surface area contributed by atoms with Crippen LogP contribution < -0.4 is 5.32 Å². The van der Waals surface area contributed by atoms with Crippen molar-refractivity contribution in [2.24, 2.45) is 7.05 Å². The average Bonchev–Trinajstić information content (AvgIpc) is 3.21. The summed E-state index contributed by atoms with van der Waals surface area (Å²) in [5.41, 5.74) is 3.71. The molecule has 0 saturated heterocycles. The van der Waals surface area contributed by atoms with Crippen LogP contribution in [0.25, 0.3) is 0 Å². The second-order valence-electron chi connectivity index (χ2n) is 7.92. The monoisotopic (exact) mass is 456 g/mol. The van der Waals surface area contributed by atoms with E-state index in [0.29, 0.717) is 12.3 Å². The first-order valence-electron chi connectivity index (χ1n) is 11.1. The molecule has 3 aromatic carbocycles. The number of hydrogen-bond acceptors (Lipinski definition) is 4. The fraction of sp³-hybridized carbons (Fsp3) is 0.222. The lowest BCUT2D eigenvalue weighted by Crippen LogP contribution is -2.27. The van der Waals surface area contributed by atoms with Crippen molar-refractivity contribution >= 4 is 17.7 Å². The zero-order valence-electron chi connectivity index (χ0n) is 18.7. The molecule has 1 heterocycles. The van der Waals surface area contributed by atoms with Crippen molar-refractivity contribution in [2.45, 2.75) is 23.9 Å². The van der Waals surface area contributed by atoms with Crippen molar-refractivity contribution < 1.29 is 4.79 Å². The predicted molar refractivity (Wildman–Crippen MR) is 133 cm³/mol. The number of carbonyl (C=O) groups is 1. The van der Waals surface area contributed by atoms with Gasteiger partial charge in [-0.15, -0.1) is 10.2 Å². The lowest BCUT2D eigenvalue weighted by molar-refractivity contribution is -0.118. The predicted octanol–water partition coefficient (Wildman–Crippen LogP) is 4.84. The van der Waals surface area contributed by atoms with Gasteiger partial charge in [-0.05, 0) is 23.1 Å². The minimum absolute atomic E-state index is 0.00693. The Morgan fingerprint density at radius 3 is 2.06 bits per heavy atom. The van der Waals surface area contributed by atoms with Gasteiger partial charge in [0.15, 0.2) is 5.16 Å². The second-order valence-corrected chi connectivity index (χ2v) is 8.86. The van der Waals surface area contributed by atoms with E-state index in [9.17, 15) is 4.79 Å². The Labute approximate surface area is 199 Å². The Kier molecular flexibility index (Phi) is 7.93. The summed E-state index contributed by atoms with van der Waals surface area (Å²) in [5, 5.41) is 12.4. The third kappa shape index (κ3) is 6.33. The summed E-state index contributed by atoms with van der Waals surface area (Å²) >= 11 is 1.42. The lowest BCUT2D eigenvalue weighted by atomic mass is 9.88. The second kappa shape index (κ2) is 11.5. The summed E-state index contributed by atoms with van der Waals surface area (Å²) in [6, 6.07) is 31.1. The normalized spacial score (nSPS) is 11.0. The molecule has 0 atom stereocenters. The van der Waals surface area contributed by atoms with Crippen LogP contribution in [0.3, 0.4) is 0 Å². The molecule has 168 valence electrons. The fourth-order valence-corrected chi connectivity index (χ4v) is 4.60. The van der Waals surface area contributed by atoms with Crippen LogP contribution in [0.15, 0.2) is 96.2 Å². The number of hydrogen-bond donors (Lipinski definition) is 1. The molecule has 5 nitrogen and oxygen atoms in total. The summed E-state index contributed by atoms with van der Waals surface area (Å²) in [6.45, 7) is 0.617. The van der Waals surface area contributed by atoms with Crippen molar-refractivity contribution in [3.05, 3.63) is 114 Å². The molecule has 0 spiro atoms. The molecule has 0 aliphatic heterocycles. The largest absolute Gasteiger partial charge is 0.355 e. The molecule has 4 aromatic rings. The number of benzene rings is 3. The highest BCUT2D eigenvalue weighted by Crippen LogP contribution is 2.27. The molecule has 4 rings (SSSR count). The molecule has 0 fully saturated rings. The SMILES string of the molecule is Cn1c(Cc2ccccc2)nnc1SCC(=O)NCCC(c1ccccc1)c1ccccc1. The highest BCUT2D eigenvalue weighted by atomic mass is 32.2. The Balaban J connectivity index is 1.29. The highest BCUT2D eigenvalue weighted by molar-refractivity contribution is 7.99. The molecule has 0 aliphatic carbocycles. The average molecular weight is 457 g/mol. The standard InChI is InChI=1S/C27H28N4OS/c1-31-25(19-21-11-5-2-6-12-21)29-30-27(31)33-20-26(32)28-18-17-24(22-13-7-3-8-14-22)23-15-9-4-10-16-23/h2-16,24H,17-20H2,1H3,(H,28,32). The number of amides is 1. The van der Waals surface area contributed by atoms with Crippen molar-refractivity contribution in [1.82, 2.24) is 20.1 Å². The molecule has 1 amide bonds. The number of thioether (sulfide) groups is 1. The molecule has 1 aromatic heterocycles. The number of nitrogens with zero attached hydrogens (tertiary/aromatic N) is 3. The lowest BCUT2D eigenvalue weighted by Gasteiger charge is -2.18. The zero-order chi connectivity index (χ0) is 22.9. The molecule has 0 bridgehead atoms. The molecular weight excluding hydrogens is 428 g/mol. The molecular formula is C27H28N4OS. The van der Waals surface area contributed by atoms with Gasteiger partial charge in [0.05, 0.1) is 5.75 Å². The van der Waals surface area contributed by atoms with Crippen LogP contribution in [0.2, 0.25) is 0 Å². The Hall–Kier alpha value is -3.38. The van der Waals surface area contributed by atoms with E-state index in [0.717, 1.165) is 23.8 Å². The minimum Gasteiger partial charge on any atom is -0.355 e. The van der Waals surface area contributed by atoms with E-state index in [2.05, 4.69) is 76.2 Å². The van der Waals surface area contributed by atoms with E-state index >= 15 is 0 Å². The molecule has 1 N–H and O–H groups in total. The molecule has 0 aliphatic rings. The molecule has 33 heavy (non-hydrogen) atoms. The van der Waals surface area contributed by atoms with Gasteiger partial charge in [-0.1, -0.05) is 103 Å². The van der Waals surface area contributed by atoms with E-state index in [4.69, 9.17) is 0 Å². The maximum atomic E-state index is 12.5. The summed E-state index contributed by atoms with van der Waals surface area (Å²) in [4.78, 5) is 12.5. The van der Waals surface area contributed by atoms with Crippen LogP contribution in [0.1, 0.15) is 34.9 Å². The summed E-state index contributed by atoms with van der Waals surface area (Å²) in [6.07, 6.45) is 1.56. The molecule has 0 saturated carbocycles. The first-order valence-corrected chi connectivity index (χ1v) is 12.1. The van der Waals surface area contributed by atoms with Crippen molar-refractivity contribution in [3.8, 4) is 0 Å². The number of nitrogens with one attached hydrogen (secondary N) is 1. The maximum Gasteiger partial charge on any atom is 0.230 e. The number of carbonyl (C=O) groups excluding carboxylic acids is 1. The summed E-state index contributed by atoms with van der Waals surface area (Å²) in [7, 11) is 1.95. The van der Waals surface area contributed by atoms with Crippen molar-refractivity contribution in [2.75, 3.05) is 12.3 Å². The molecule has 0 unspecified atom stereocenters. The van der Waals surface area contributed by atoms with Crippen LogP contribution in [0, 0.1) is 0 Å². The van der Waals surface area contributed by atoms with Crippen LogP contribution in [0.4, 0.5) is 0 Å². The topological polar surface area (TPSA) is 59.8 Å². The molecule has 0 radical (unpaired) electrons. The van der Waals surface area contributed by atoms with Crippen molar-refractivity contribution in [3.63, 3.8) is 0 Å². The van der Waals surface area contributed by atoms with Crippen LogP contribution in [-0.2, 0) is 18.3 Å². The smallest absolute Gasteiger partial charge is 0.230 e. The van der Waals surface area contributed by atoms with Crippen LogP contribution in [0.5, 0.6) is 0 Å². The van der Waals surface area contributed by atoms with E-state index in [-0.39, 0.29) is 11.8 Å². The first kappa shape index (κ1) is 22.8. The molecule has 6 heteroatoms. The van der Waals surface area contributed by atoms with E-state index < -0.39 is 0 Å². The van der Waals surface area contributed by atoms with Gasteiger partial charge in [0.1, 0.15) is 5.82 Å². The third-order valence-electron chi connectivity index (χ3n) is 5.62. The number of aromatic nitrogens is 3. The van der Waals surface area contributed by atoms with Crippen LogP contribution >= 0.6 is 11.8 Å². The van der Waals surface area contributed by atoms with E-state index in [1.54, 1.807) is 0 Å². The Morgan fingerprint density at radius 2 is 1.45 bits per heavy atom. The Morgan fingerprint density at radius 1 is 0.879 bits per heavy atom. The van der Waals surface area contributed by atoms with Gasteiger partial charge >= 0.3 is 0 Å². The van der Waals surface area contributed by atoms with Crippen LogP contribution in [-0.4, -0.2) is 33.0 Å². The van der Waals surface area contributed by atoms with E-state index in [1.807, 2.05) is 41.9 Å². The van der Waals surface area contributed by atoms with Gasteiger partial charge in [0, 0.05) is 25.9 Å². The van der Waals surface area contributed by atoms with Gasteiger partial charge in [-0.3, -0.25) is 4.79 Å². The fourth-order valence-electron chi connectivity index (χ4n) is 3.84. The van der Waals surface area contributed by atoms with E-state index in [1.165, 1.54) is 28.5 Å². The first-order chi connectivity index (χ1) is 16.2. The Bertz CT molecular complexity index is 1110. The van der Waals surface area contributed by atoms with Gasteiger partial charge in [-0.25, -0.2) is 0 Å². The van der Waals surface area contributed by atoms with Gasteiger partial charge < -0.3 is 9.88 Å². The highest BCUT2D eigenvalue weighted by Gasteiger charge is 2.15. The third-order valence-corrected chi connectivity index (χ3v) is 6.64. The minimum atomic E-state index is 0.00693.